The zero-order chi connectivity index (χ0) is 26.3. The first kappa shape index (κ1) is 27.9. The lowest BCUT2D eigenvalue weighted by molar-refractivity contribution is -0.145. The van der Waals surface area contributed by atoms with Crippen LogP contribution in [0.1, 0.15) is 46.5 Å². The van der Waals surface area contributed by atoms with Gasteiger partial charge in [0.15, 0.2) is 0 Å². The summed E-state index contributed by atoms with van der Waals surface area (Å²) in [6.07, 6.45) is 3.90. The highest BCUT2D eigenvalue weighted by molar-refractivity contribution is 8.00. The summed E-state index contributed by atoms with van der Waals surface area (Å²) in [7, 11) is 1.75. The fourth-order valence-corrected chi connectivity index (χ4v) is 8.67. The van der Waals surface area contributed by atoms with Crippen LogP contribution in [0.15, 0.2) is 0 Å². The van der Waals surface area contributed by atoms with E-state index >= 15 is 0 Å². The van der Waals surface area contributed by atoms with Gasteiger partial charge in [-0.05, 0) is 58.3 Å². The Labute approximate surface area is 230 Å². The molecule has 0 aromatic heterocycles. The lowest BCUT2D eigenvalue weighted by atomic mass is 9.70. The van der Waals surface area contributed by atoms with Crippen LogP contribution >= 0.6 is 23.4 Å². The topological polar surface area (TPSA) is 104 Å². The first-order valence-corrected chi connectivity index (χ1v) is 15.4. The third-order valence-electron chi connectivity index (χ3n) is 8.95. The second-order valence-corrected chi connectivity index (χ2v) is 13.8. The molecule has 9 atom stereocenters. The van der Waals surface area contributed by atoms with Crippen molar-refractivity contribution in [2.75, 3.05) is 33.3 Å². The van der Waals surface area contributed by atoms with E-state index in [0.717, 1.165) is 32.2 Å². The zero-order valence-corrected chi connectivity index (χ0v) is 24.0. The van der Waals surface area contributed by atoms with Gasteiger partial charge >= 0.3 is 0 Å². The molecule has 2 amide bonds. The lowest BCUT2D eigenvalue weighted by Gasteiger charge is -2.45. The van der Waals surface area contributed by atoms with Gasteiger partial charge in [-0.3, -0.25) is 20.2 Å². The average molecular weight is 558 g/mol. The monoisotopic (exact) mass is 557 g/mol. The van der Waals surface area contributed by atoms with Gasteiger partial charge < -0.3 is 25.0 Å². The van der Waals surface area contributed by atoms with Crippen molar-refractivity contribution in [3.05, 3.63) is 0 Å². The Balaban J connectivity index is 1.12. The summed E-state index contributed by atoms with van der Waals surface area (Å²) in [5, 5.41) is 14.0. The maximum absolute atomic E-state index is 13.6. The number of alkyl halides is 1. The second-order valence-electron chi connectivity index (χ2n) is 11.9. The van der Waals surface area contributed by atoms with Gasteiger partial charge in [-0.15, -0.1) is 23.4 Å². The number of amides is 2. The Morgan fingerprint density at radius 3 is 2.57 bits per heavy atom. The molecule has 5 aliphatic rings. The molecule has 0 aromatic carbocycles. The molecule has 11 heteroatoms. The third-order valence-corrected chi connectivity index (χ3v) is 10.6. The van der Waals surface area contributed by atoms with Gasteiger partial charge in [0, 0.05) is 56.5 Å². The molecule has 9 unspecified atom stereocenters. The van der Waals surface area contributed by atoms with E-state index < -0.39 is 0 Å². The number of likely N-dealkylation sites (tertiary alicyclic amines) is 1. The molecule has 0 radical (unpaired) electrons. The quantitative estimate of drug-likeness (QED) is 0.274. The number of hydrogen-bond donors (Lipinski definition) is 4. The van der Waals surface area contributed by atoms with Crippen molar-refractivity contribution in [3.8, 4) is 0 Å². The van der Waals surface area contributed by atoms with Crippen LogP contribution in [0.3, 0.4) is 0 Å². The van der Waals surface area contributed by atoms with E-state index in [1.807, 2.05) is 18.7 Å². The number of thioether (sulfide) groups is 1. The molecule has 0 spiro atoms. The number of piperidine rings is 2. The molecule has 1 aliphatic carbocycles. The molecule has 0 aromatic rings. The molecule has 4 saturated heterocycles. The summed E-state index contributed by atoms with van der Waals surface area (Å²) in [4.78, 5) is 28.5. The summed E-state index contributed by atoms with van der Waals surface area (Å²) in [5.74, 6) is 0.788. The SMILES string of the molecule is COC1CNC(Cl)CC1C1CC(C)NCC1C(=O)NC1NC2CN(C(=O)C3CC(OC(C)C)C3)CC2S1. The average Bonchev–Trinajstić information content (AvgIpc) is 3.39. The molecule has 4 heterocycles. The lowest BCUT2D eigenvalue weighted by Crippen LogP contribution is -2.57. The predicted octanol–water partition coefficient (Wildman–Crippen LogP) is 1.31. The Morgan fingerprint density at radius 1 is 1.08 bits per heavy atom. The maximum atomic E-state index is 13.6. The highest BCUT2D eigenvalue weighted by Gasteiger charge is 2.48. The van der Waals surface area contributed by atoms with E-state index in [4.69, 9.17) is 21.1 Å². The van der Waals surface area contributed by atoms with Gasteiger partial charge in [0.05, 0.1) is 29.7 Å². The number of carbonyl (C=O) groups excluding carboxylic acids is 2. The molecule has 5 rings (SSSR count). The molecule has 1 saturated carbocycles. The predicted molar refractivity (Wildman–Crippen MR) is 145 cm³/mol. The van der Waals surface area contributed by atoms with Gasteiger partial charge in [0.25, 0.3) is 0 Å². The van der Waals surface area contributed by atoms with Crippen LogP contribution in [0.25, 0.3) is 0 Å². The number of halogens is 1. The van der Waals surface area contributed by atoms with Crippen LogP contribution in [0.5, 0.6) is 0 Å². The molecule has 4 aliphatic heterocycles. The highest BCUT2D eigenvalue weighted by Crippen LogP contribution is 2.39. The molecule has 210 valence electrons. The van der Waals surface area contributed by atoms with Crippen LogP contribution in [0.4, 0.5) is 0 Å². The maximum Gasteiger partial charge on any atom is 0.226 e. The summed E-state index contributed by atoms with van der Waals surface area (Å²) in [6.45, 7) is 9.10. The number of carbonyl (C=O) groups is 2. The Bertz CT molecular complexity index is 819. The Hall–Kier alpha value is -0.620. The summed E-state index contributed by atoms with van der Waals surface area (Å²) in [6, 6.07) is 0.571. The molecule has 4 N–H and O–H groups in total. The van der Waals surface area contributed by atoms with Crippen LogP contribution in [0.2, 0.25) is 0 Å². The summed E-state index contributed by atoms with van der Waals surface area (Å²) in [5.41, 5.74) is -0.213. The minimum Gasteiger partial charge on any atom is -0.380 e. The van der Waals surface area contributed by atoms with Crippen LogP contribution in [0, 0.1) is 23.7 Å². The smallest absolute Gasteiger partial charge is 0.226 e. The number of hydrogen-bond acceptors (Lipinski definition) is 8. The highest BCUT2D eigenvalue weighted by atomic mass is 35.5. The summed E-state index contributed by atoms with van der Waals surface area (Å²) < 4.78 is 11.6. The van der Waals surface area contributed by atoms with Crippen molar-refractivity contribution in [2.45, 2.75) is 93.1 Å². The molecule has 9 nitrogen and oxygen atoms in total. The number of ether oxygens (including phenoxy) is 2. The molecule has 0 bridgehead atoms. The van der Waals surface area contributed by atoms with Crippen LogP contribution in [-0.2, 0) is 19.1 Å². The van der Waals surface area contributed by atoms with Gasteiger partial charge in [-0.2, -0.15) is 0 Å². The van der Waals surface area contributed by atoms with E-state index in [9.17, 15) is 9.59 Å². The standard InChI is InChI=1S/C26H44ClN5O4S/c1-13(2)36-16-6-15(7-16)25(34)32-11-20-22(12-32)37-26(30-20)31-24(33)19-9-28-14(3)5-17(19)18-8-23(27)29-10-21(18)35-4/h13-23,26,28-30H,5-12H2,1-4H3,(H,31,33). The Kier molecular flexibility index (Phi) is 8.95. The normalized spacial score (nSPS) is 43.9. The fraction of sp³-hybridized carbons (Fsp3) is 0.923. The van der Waals surface area contributed by atoms with Crippen molar-refractivity contribution in [3.63, 3.8) is 0 Å². The van der Waals surface area contributed by atoms with E-state index in [2.05, 4.69) is 28.2 Å². The third kappa shape index (κ3) is 6.26. The van der Waals surface area contributed by atoms with Crippen LogP contribution < -0.4 is 21.3 Å². The minimum atomic E-state index is -0.126. The minimum absolute atomic E-state index is 0.0605. The molecule has 37 heavy (non-hydrogen) atoms. The van der Waals surface area contributed by atoms with Gasteiger partial charge in [0.1, 0.15) is 5.50 Å². The van der Waals surface area contributed by atoms with E-state index in [1.54, 1.807) is 18.9 Å². The number of nitrogens with zero attached hydrogens (tertiary/aromatic N) is 1. The molecular formula is C26H44ClN5O4S. The fourth-order valence-electron chi connectivity index (χ4n) is 6.97. The Morgan fingerprint density at radius 2 is 1.86 bits per heavy atom. The van der Waals surface area contributed by atoms with Gasteiger partial charge in [-0.1, -0.05) is 0 Å². The van der Waals surface area contributed by atoms with Crippen molar-refractivity contribution in [1.82, 2.24) is 26.2 Å². The van der Waals surface area contributed by atoms with Crippen molar-refractivity contribution in [1.29, 1.82) is 0 Å². The number of rotatable bonds is 7. The first-order chi connectivity index (χ1) is 17.7. The van der Waals surface area contributed by atoms with E-state index in [1.165, 1.54) is 0 Å². The second kappa shape index (κ2) is 11.9. The van der Waals surface area contributed by atoms with Gasteiger partial charge in [-0.25, -0.2) is 0 Å². The summed E-state index contributed by atoms with van der Waals surface area (Å²) >= 11 is 8.22. The molecule has 5 fully saturated rings. The largest absolute Gasteiger partial charge is 0.380 e. The van der Waals surface area contributed by atoms with E-state index in [0.29, 0.717) is 30.9 Å². The number of fused-ring (bicyclic) bond motifs is 1. The van der Waals surface area contributed by atoms with Crippen LogP contribution in [-0.4, -0.2) is 96.6 Å². The van der Waals surface area contributed by atoms with Crippen molar-refractivity contribution in [2.24, 2.45) is 23.7 Å². The van der Waals surface area contributed by atoms with Gasteiger partial charge in [0.2, 0.25) is 11.8 Å². The van der Waals surface area contributed by atoms with E-state index in [-0.39, 0.29) is 70.8 Å². The van der Waals surface area contributed by atoms with Crippen molar-refractivity contribution >= 4 is 35.2 Å². The van der Waals surface area contributed by atoms with Crippen molar-refractivity contribution < 1.29 is 19.1 Å². The number of nitrogens with one attached hydrogen (secondary N) is 4. The molecular weight excluding hydrogens is 514 g/mol. The first-order valence-electron chi connectivity index (χ1n) is 14.0. The number of methoxy groups -OCH3 is 1. The zero-order valence-electron chi connectivity index (χ0n) is 22.5.